The first-order valence-corrected chi connectivity index (χ1v) is 5.56. The van der Waals surface area contributed by atoms with Gasteiger partial charge >= 0.3 is 0 Å². The Hall–Kier alpha value is -1.95. The molecule has 0 aliphatic carbocycles. The number of thiazole rings is 1. The number of carbonyl (C=O) groups excluding carboxylic acids is 1. The van der Waals surface area contributed by atoms with Crippen molar-refractivity contribution in [3.05, 3.63) is 40.6 Å². The Morgan fingerprint density at radius 2 is 2.44 bits per heavy atom. The van der Waals surface area contributed by atoms with Gasteiger partial charge in [-0.25, -0.2) is 4.98 Å². The zero-order chi connectivity index (χ0) is 11.4. The Morgan fingerprint density at radius 1 is 1.56 bits per heavy atom. The number of nitrogens with one attached hydrogen (secondary N) is 1. The molecule has 0 fully saturated rings. The number of aromatic nitrogens is 2. The molecule has 0 unspecified atom stereocenters. The van der Waals surface area contributed by atoms with Gasteiger partial charge in [0, 0.05) is 11.6 Å². The van der Waals surface area contributed by atoms with Crippen molar-refractivity contribution in [1.82, 2.24) is 15.3 Å². The summed E-state index contributed by atoms with van der Waals surface area (Å²) in [6.07, 6.45) is 2.99. The lowest BCUT2D eigenvalue weighted by atomic mass is 10.2. The van der Waals surface area contributed by atoms with E-state index in [-0.39, 0.29) is 5.91 Å². The van der Waals surface area contributed by atoms with Gasteiger partial charge in [-0.05, 0) is 6.07 Å². The summed E-state index contributed by atoms with van der Waals surface area (Å²) in [5.41, 5.74) is 9.01. The summed E-state index contributed by atoms with van der Waals surface area (Å²) in [6.45, 7) is 0.407. The van der Waals surface area contributed by atoms with Gasteiger partial charge in [-0.2, -0.15) is 0 Å². The van der Waals surface area contributed by atoms with Gasteiger partial charge in [0.25, 0.3) is 5.91 Å². The Labute approximate surface area is 96.3 Å². The van der Waals surface area contributed by atoms with Crippen LogP contribution < -0.4 is 11.1 Å². The Morgan fingerprint density at radius 3 is 3.12 bits per heavy atom. The number of nitrogens with two attached hydrogens (primary N) is 1. The zero-order valence-electron chi connectivity index (χ0n) is 8.38. The predicted octanol–water partition coefficient (Wildman–Crippen LogP) is 1.05. The summed E-state index contributed by atoms with van der Waals surface area (Å²) in [4.78, 5) is 19.6. The highest BCUT2D eigenvalue weighted by Crippen LogP contribution is 2.08. The molecular formula is C10H10N4OS. The summed E-state index contributed by atoms with van der Waals surface area (Å²) in [7, 11) is 0. The lowest BCUT2D eigenvalue weighted by Gasteiger charge is -2.05. The molecule has 82 valence electrons. The van der Waals surface area contributed by atoms with Crippen molar-refractivity contribution in [3.63, 3.8) is 0 Å². The number of pyridine rings is 1. The van der Waals surface area contributed by atoms with Gasteiger partial charge in [0.1, 0.15) is 0 Å². The first kappa shape index (κ1) is 10.6. The van der Waals surface area contributed by atoms with E-state index in [0.29, 0.717) is 17.8 Å². The molecule has 0 aliphatic rings. The highest BCUT2D eigenvalue weighted by Gasteiger charge is 2.08. The third-order valence-electron chi connectivity index (χ3n) is 2.01. The van der Waals surface area contributed by atoms with E-state index in [9.17, 15) is 4.79 Å². The van der Waals surface area contributed by atoms with Gasteiger partial charge in [0.2, 0.25) is 0 Å². The lowest BCUT2D eigenvalue weighted by Crippen LogP contribution is -2.23. The lowest BCUT2D eigenvalue weighted by molar-refractivity contribution is 0.0951. The second kappa shape index (κ2) is 4.71. The molecule has 0 aliphatic heterocycles. The Balaban J connectivity index is 2.01. The molecule has 1 amide bonds. The van der Waals surface area contributed by atoms with Gasteiger partial charge in [0.05, 0.1) is 35.2 Å². The maximum Gasteiger partial charge on any atom is 0.253 e. The van der Waals surface area contributed by atoms with Gasteiger partial charge in [-0.15, -0.1) is 11.3 Å². The van der Waals surface area contributed by atoms with Crippen LogP contribution in [0.2, 0.25) is 0 Å². The summed E-state index contributed by atoms with van der Waals surface area (Å²) in [5, 5.41) is 4.62. The smallest absolute Gasteiger partial charge is 0.253 e. The van der Waals surface area contributed by atoms with Crippen LogP contribution in [0.1, 0.15) is 16.1 Å². The molecule has 0 spiro atoms. The van der Waals surface area contributed by atoms with Crippen molar-refractivity contribution >= 4 is 22.9 Å². The van der Waals surface area contributed by atoms with E-state index in [1.54, 1.807) is 11.6 Å². The number of carbonyl (C=O) groups is 1. The highest BCUT2D eigenvalue weighted by atomic mass is 32.1. The van der Waals surface area contributed by atoms with E-state index in [1.165, 1.54) is 23.7 Å². The van der Waals surface area contributed by atoms with Crippen LogP contribution in [0.5, 0.6) is 0 Å². The molecule has 6 heteroatoms. The monoisotopic (exact) mass is 234 g/mol. The molecule has 2 rings (SSSR count). The average molecular weight is 234 g/mol. The maximum absolute atomic E-state index is 11.7. The van der Waals surface area contributed by atoms with Crippen LogP contribution in [-0.2, 0) is 6.54 Å². The molecule has 0 aromatic carbocycles. The third-order valence-corrected chi connectivity index (χ3v) is 2.65. The third kappa shape index (κ3) is 2.34. The summed E-state index contributed by atoms with van der Waals surface area (Å²) in [6, 6.07) is 1.59. The number of hydrogen-bond acceptors (Lipinski definition) is 5. The number of nitrogens with zero attached hydrogens (tertiary/aromatic N) is 2. The van der Waals surface area contributed by atoms with Crippen molar-refractivity contribution in [2.24, 2.45) is 0 Å². The largest absolute Gasteiger partial charge is 0.397 e. The van der Waals surface area contributed by atoms with Crippen molar-refractivity contribution in [1.29, 1.82) is 0 Å². The van der Waals surface area contributed by atoms with Crippen molar-refractivity contribution in [2.75, 3.05) is 5.73 Å². The highest BCUT2D eigenvalue weighted by molar-refractivity contribution is 7.07. The normalized spacial score (nSPS) is 10.0. The molecular weight excluding hydrogens is 224 g/mol. The topological polar surface area (TPSA) is 80.9 Å². The average Bonchev–Trinajstić information content (AvgIpc) is 2.79. The fourth-order valence-electron chi connectivity index (χ4n) is 1.20. The SMILES string of the molecule is Nc1cnccc1C(=O)NCc1cscn1. The number of amides is 1. The standard InChI is InChI=1S/C10H10N4OS/c11-9-4-12-2-1-8(9)10(15)13-3-7-5-16-6-14-7/h1-2,4-6H,3,11H2,(H,13,15). The second-order valence-electron chi connectivity index (χ2n) is 3.13. The fraction of sp³-hybridized carbons (Fsp3) is 0.100. The number of hydrogen-bond donors (Lipinski definition) is 2. The number of rotatable bonds is 3. The molecule has 0 saturated carbocycles. The second-order valence-corrected chi connectivity index (χ2v) is 3.84. The van der Waals surface area contributed by atoms with Crippen LogP contribution in [-0.4, -0.2) is 15.9 Å². The van der Waals surface area contributed by atoms with E-state index in [0.717, 1.165) is 5.69 Å². The summed E-state index contributed by atoms with van der Waals surface area (Å²) in [5.74, 6) is -0.215. The zero-order valence-corrected chi connectivity index (χ0v) is 9.20. The molecule has 0 bridgehead atoms. The molecule has 0 radical (unpaired) electrons. The number of nitrogen functional groups attached to an aromatic ring is 1. The molecule has 2 heterocycles. The molecule has 5 nitrogen and oxygen atoms in total. The van der Waals surface area contributed by atoms with E-state index in [4.69, 9.17) is 5.73 Å². The minimum absolute atomic E-state index is 0.215. The first-order valence-electron chi connectivity index (χ1n) is 4.62. The van der Waals surface area contributed by atoms with Gasteiger partial charge in [-0.1, -0.05) is 0 Å². The van der Waals surface area contributed by atoms with Crippen LogP contribution >= 0.6 is 11.3 Å². The van der Waals surface area contributed by atoms with E-state index >= 15 is 0 Å². The predicted molar refractivity (Wildman–Crippen MR) is 61.9 cm³/mol. The molecule has 16 heavy (non-hydrogen) atoms. The van der Waals surface area contributed by atoms with Crippen LogP contribution in [0.25, 0.3) is 0 Å². The maximum atomic E-state index is 11.7. The van der Waals surface area contributed by atoms with Gasteiger partial charge < -0.3 is 11.1 Å². The van der Waals surface area contributed by atoms with E-state index < -0.39 is 0 Å². The molecule has 2 aromatic heterocycles. The quantitative estimate of drug-likeness (QED) is 0.831. The van der Waals surface area contributed by atoms with Crippen molar-refractivity contribution < 1.29 is 4.79 Å². The van der Waals surface area contributed by atoms with Crippen LogP contribution in [0.4, 0.5) is 5.69 Å². The van der Waals surface area contributed by atoms with E-state index in [2.05, 4.69) is 15.3 Å². The fourth-order valence-corrected chi connectivity index (χ4v) is 1.76. The first-order chi connectivity index (χ1) is 7.77. The molecule has 0 saturated heterocycles. The van der Waals surface area contributed by atoms with Crippen LogP contribution in [0, 0.1) is 0 Å². The van der Waals surface area contributed by atoms with E-state index in [1.807, 2.05) is 5.38 Å². The minimum Gasteiger partial charge on any atom is -0.397 e. The van der Waals surface area contributed by atoms with Crippen molar-refractivity contribution in [3.8, 4) is 0 Å². The Kier molecular flexibility index (Phi) is 3.11. The molecule has 3 N–H and O–H groups in total. The van der Waals surface area contributed by atoms with Crippen molar-refractivity contribution in [2.45, 2.75) is 6.54 Å². The molecule has 0 atom stereocenters. The Bertz CT molecular complexity index is 483. The van der Waals surface area contributed by atoms with Gasteiger partial charge in [-0.3, -0.25) is 9.78 Å². The summed E-state index contributed by atoms with van der Waals surface area (Å²) < 4.78 is 0. The minimum atomic E-state index is -0.215. The molecule has 2 aromatic rings. The number of anilines is 1. The van der Waals surface area contributed by atoms with Gasteiger partial charge in [0.15, 0.2) is 0 Å². The van der Waals surface area contributed by atoms with Crippen LogP contribution in [0.3, 0.4) is 0 Å². The summed E-state index contributed by atoms with van der Waals surface area (Å²) >= 11 is 1.49. The van der Waals surface area contributed by atoms with Crippen LogP contribution in [0.15, 0.2) is 29.4 Å².